The first-order valence-electron chi connectivity index (χ1n) is 5.48. The molecule has 0 bridgehead atoms. The lowest BCUT2D eigenvalue weighted by molar-refractivity contribution is 0.0884. The van der Waals surface area contributed by atoms with Crippen molar-refractivity contribution in [1.29, 1.82) is 0 Å². The smallest absolute Gasteiger partial charge is 0.182 e. The van der Waals surface area contributed by atoms with E-state index in [4.69, 9.17) is 0 Å². The van der Waals surface area contributed by atoms with Crippen molar-refractivity contribution in [2.75, 3.05) is 6.54 Å². The standard InChI is InChI=1S/C13H17NO/c1-10-4-6-11(7-5-10)12(15)13(2)8-3-9-14-13/h4-7,14H,3,8-9H2,1-2H3. The quantitative estimate of drug-likeness (QED) is 0.747. The molecule has 0 aromatic heterocycles. The van der Waals surface area contributed by atoms with Crippen LogP contribution in [0.5, 0.6) is 0 Å². The van der Waals surface area contributed by atoms with Gasteiger partial charge in [-0.3, -0.25) is 4.79 Å². The lowest BCUT2D eigenvalue weighted by Gasteiger charge is -2.22. The predicted molar refractivity (Wildman–Crippen MR) is 61.2 cm³/mol. The molecule has 1 atom stereocenters. The van der Waals surface area contributed by atoms with Crippen LogP contribution in [-0.2, 0) is 0 Å². The molecule has 0 saturated carbocycles. The third-order valence-electron chi connectivity index (χ3n) is 3.18. The van der Waals surface area contributed by atoms with Gasteiger partial charge in [0.15, 0.2) is 5.78 Å². The van der Waals surface area contributed by atoms with Crippen molar-refractivity contribution in [2.45, 2.75) is 32.2 Å². The van der Waals surface area contributed by atoms with Gasteiger partial charge in [-0.15, -0.1) is 0 Å². The molecule has 0 spiro atoms. The second-order valence-corrected chi connectivity index (χ2v) is 4.56. The van der Waals surface area contributed by atoms with Gasteiger partial charge in [0.2, 0.25) is 0 Å². The Morgan fingerprint density at radius 3 is 2.53 bits per heavy atom. The predicted octanol–water partition coefficient (Wildman–Crippen LogP) is 2.32. The van der Waals surface area contributed by atoms with E-state index in [1.165, 1.54) is 5.56 Å². The maximum absolute atomic E-state index is 12.2. The van der Waals surface area contributed by atoms with Crippen LogP contribution in [0.25, 0.3) is 0 Å². The van der Waals surface area contributed by atoms with Crippen LogP contribution >= 0.6 is 0 Å². The summed E-state index contributed by atoms with van der Waals surface area (Å²) in [5.41, 5.74) is 1.67. The van der Waals surface area contributed by atoms with E-state index in [2.05, 4.69) is 5.32 Å². The minimum Gasteiger partial charge on any atom is -0.305 e. The zero-order chi connectivity index (χ0) is 10.9. The molecule has 0 radical (unpaired) electrons. The Kier molecular flexibility index (Phi) is 2.61. The van der Waals surface area contributed by atoms with Gasteiger partial charge >= 0.3 is 0 Å². The second-order valence-electron chi connectivity index (χ2n) is 4.56. The van der Waals surface area contributed by atoms with Crippen molar-refractivity contribution in [3.63, 3.8) is 0 Å². The molecule has 1 aromatic rings. The van der Waals surface area contributed by atoms with E-state index >= 15 is 0 Å². The zero-order valence-corrected chi connectivity index (χ0v) is 9.34. The molecule has 2 rings (SSSR count). The number of carbonyl (C=O) groups excluding carboxylic acids is 1. The van der Waals surface area contributed by atoms with Crippen LogP contribution in [0.3, 0.4) is 0 Å². The van der Waals surface area contributed by atoms with Crippen LogP contribution < -0.4 is 5.32 Å². The number of Topliss-reactive ketones (excluding diaryl/α,β-unsaturated/α-hetero) is 1. The largest absolute Gasteiger partial charge is 0.305 e. The van der Waals surface area contributed by atoms with Crippen LogP contribution in [-0.4, -0.2) is 17.9 Å². The van der Waals surface area contributed by atoms with E-state index in [9.17, 15) is 4.79 Å². The molecule has 80 valence electrons. The number of hydrogen-bond acceptors (Lipinski definition) is 2. The molecule has 0 aliphatic carbocycles. The van der Waals surface area contributed by atoms with Gasteiger partial charge < -0.3 is 5.32 Å². The minimum absolute atomic E-state index is 0.222. The Balaban J connectivity index is 2.24. The van der Waals surface area contributed by atoms with E-state index in [0.717, 1.165) is 24.9 Å². The molecule has 2 heteroatoms. The van der Waals surface area contributed by atoms with Crippen LogP contribution in [0.2, 0.25) is 0 Å². The minimum atomic E-state index is -0.338. The summed E-state index contributed by atoms with van der Waals surface area (Å²) in [5, 5.41) is 3.30. The fraction of sp³-hybridized carbons (Fsp3) is 0.462. The first-order valence-corrected chi connectivity index (χ1v) is 5.48. The Labute approximate surface area is 90.7 Å². The summed E-state index contributed by atoms with van der Waals surface area (Å²) in [4.78, 5) is 12.2. The van der Waals surface area contributed by atoms with Gasteiger partial charge in [0.05, 0.1) is 5.54 Å². The molecule has 1 aromatic carbocycles. The molecule has 1 N–H and O–H groups in total. The molecule has 1 unspecified atom stereocenters. The summed E-state index contributed by atoms with van der Waals surface area (Å²) in [6.45, 7) is 4.99. The van der Waals surface area contributed by atoms with Gasteiger partial charge in [-0.05, 0) is 33.2 Å². The van der Waals surface area contributed by atoms with Crippen molar-refractivity contribution in [3.8, 4) is 0 Å². The third kappa shape index (κ3) is 1.95. The lowest BCUT2D eigenvalue weighted by Crippen LogP contribution is -2.44. The van der Waals surface area contributed by atoms with Crippen LogP contribution in [0.4, 0.5) is 0 Å². The fourth-order valence-electron chi connectivity index (χ4n) is 2.11. The third-order valence-corrected chi connectivity index (χ3v) is 3.18. The summed E-state index contributed by atoms with van der Waals surface area (Å²) in [7, 11) is 0. The molecule has 1 fully saturated rings. The number of rotatable bonds is 2. The summed E-state index contributed by atoms with van der Waals surface area (Å²) in [5.74, 6) is 0.222. The number of hydrogen-bond donors (Lipinski definition) is 1. The summed E-state index contributed by atoms with van der Waals surface area (Å²) in [6.07, 6.45) is 2.04. The molecule has 1 aliphatic rings. The summed E-state index contributed by atoms with van der Waals surface area (Å²) < 4.78 is 0. The van der Waals surface area contributed by atoms with Crippen molar-refractivity contribution >= 4 is 5.78 Å². The fourth-order valence-corrected chi connectivity index (χ4v) is 2.11. The van der Waals surface area contributed by atoms with Crippen LogP contribution in [0.15, 0.2) is 24.3 Å². The number of nitrogens with one attached hydrogen (secondary N) is 1. The SMILES string of the molecule is Cc1ccc(C(=O)C2(C)CCCN2)cc1. The maximum Gasteiger partial charge on any atom is 0.182 e. The molecule has 1 saturated heterocycles. The number of carbonyl (C=O) groups is 1. The monoisotopic (exact) mass is 203 g/mol. The average molecular weight is 203 g/mol. The van der Waals surface area contributed by atoms with Gasteiger partial charge in [0.25, 0.3) is 0 Å². The van der Waals surface area contributed by atoms with Gasteiger partial charge in [-0.1, -0.05) is 29.8 Å². The van der Waals surface area contributed by atoms with E-state index in [-0.39, 0.29) is 11.3 Å². The highest BCUT2D eigenvalue weighted by Gasteiger charge is 2.36. The second kappa shape index (κ2) is 3.78. The molecular weight excluding hydrogens is 186 g/mol. The Bertz CT molecular complexity index is 361. The summed E-state index contributed by atoms with van der Waals surface area (Å²) in [6, 6.07) is 7.82. The molecular formula is C13H17NO. The van der Waals surface area contributed by atoms with E-state index < -0.39 is 0 Å². The highest BCUT2D eigenvalue weighted by molar-refractivity contribution is 6.03. The molecule has 2 nitrogen and oxygen atoms in total. The zero-order valence-electron chi connectivity index (χ0n) is 9.34. The van der Waals surface area contributed by atoms with E-state index in [1.807, 2.05) is 38.1 Å². The first-order chi connectivity index (χ1) is 7.12. The van der Waals surface area contributed by atoms with E-state index in [1.54, 1.807) is 0 Å². The van der Waals surface area contributed by atoms with Crippen molar-refractivity contribution in [2.24, 2.45) is 0 Å². The number of benzene rings is 1. The van der Waals surface area contributed by atoms with Crippen LogP contribution in [0, 0.1) is 6.92 Å². The van der Waals surface area contributed by atoms with Crippen molar-refractivity contribution in [1.82, 2.24) is 5.32 Å². The molecule has 1 heterocycles. The highest BCUT2D eigenvalue weighted by atomic mass is 16.1. The average Bonchev–Trinajstić information content (AvgIpc) is 2.67. The Morgan fingerprint density at radius 2 is 2.00 bits per heavy atom. The maximum atomic E-state index is 12.2. The van der Waals surface area contributed by atoms with Gasteiger partial charge in [-0.25, -0.2) is 0 Å². The number of ketones is 1. The lowest BCUT2D eigenvalue weighted by atomic mass is 9.89. The van der Waals surface area contributed by atoms with Crippen molar-refractivity contribution < 1.29 is 4.79 Å². The van der Waals surface area contributed by atoms with Gasteiger partial charge in [0.1, 0.15) is 0 Å². The van der Waals surface area contributed by atoms with Gasteiger partial charge in [-0.2, -0.15) is 0 Å². The summed E-state index contributed by atoms with van der Waals surface area (Å²) >= 11 is 0. The molecule has 15 heavy (non-hydrogen) atoms. The Hall–Kier alpha value is -1.15. The Morgan fingerprint density at radius 1 is 1.33 bits per heavy atom. The van der Waals surface area contributed by atoms with E-state index in [0.29, 0.717) is 0 Å². The van der Waals surface area contributed by atoms with Crippen molar-refractivity contribution in [3.05, 3.63) is 35.4 Å². The number of aryl methyl sites for hydroxylation is 1. The normalized spacial score (nSPS) is 25.5. The topological polar surface area (TPSA) is 29.1 Å². The van der Waals surface area contributed by atoms with Gasteiger partial charge in [0, 0.05) is 5.56 Å². The molecule has 0 amide bonds. The first kappa shape index (κ1) is 10.4. The van der Waals surface area contributed by atoms with Crippen LogP contribution in [0.1, 0.15) is 35.7 Å². The highest BCUT2D eigenvalue weighted by Crippen LogP contribution is 2.23. The molecule has 1 aliphatic heterocycles.